The fourth-order valence-electron chi connectivity index (χ4n) is 4.05. The number of hydrogen-bond donors (Lipinski definition) is 2. The van der Waals surface area contributed by atoms with Crippen LogP contribution in [0.15, 0.2) is 23.0 Å². The van der Waals surface area contributed by atoms with Crippen LogP contribution in [-0.4, -0.2) is 49.6 Å². The second-order valence-electron chi connectivity index (χ2n) is 8.37. The third-order valence-electron chi connectivity index (χ3n) is 5.82. The van der Waals surface area contributed by atoms with Crippen molar-refractivity contribution in [1.82, 2.24) is 19.5 Å². The summed E-state index contributed by atoms with van der Waals surface area (Å²) >= 11 is 5.84. The Labute approximate surface area is 198 Å². The number of aromatic nitrogens is 4. The summed E-state index contributed by atoms with van der Waals surface area (Å²) in [7, 11) is 1.56. The number of aryl methyl sites for hydroxylation is 1. The van der Waals surface area contributed by atoms with Gasteiger partial charge in [-0.05, 0) is 32.0 Å². The van der Waals surface area contributed by atoms with E-state index in [2.05, 4.69) is 20.3 Å². The SMILES string of the molecule is Cc1cc2c(=O)n(C)c(N3CCC(F)(F)CC3)nc2c([C@@H](C)Nc2ccc(Cl)nc2C(=O)O)n1. The van der Waals surface area contributed by atoms with Crippen molar-refractivity contribution in [2.45, 2.75) is 38.7 Å². The van der Waals surface area contributed by atoms with Crippen molar-refractivity contribution in [3.8, 4) is 0 Å². The Morgan fingerprint density at radius 3 is 2.56 bits per heavy atom. The van der Waals surface area contributed by atoms with Gasteiger partial charge in [0.15, 0.2) is 5.69 Å². The number of nitrogens with zero attached hydrogens (tertiary/aromatic N) is 5. The van der Waals surface area contributed by atoms with Gasteiger partial charge in [0.05, 0.1) is 22.8 Å². The van der Waals surface area contributed by atoms with Crippen LogP contribution in [0, 0.1) is 6.92 Å². The molecule has 12 heteroatoms. The average molecular weight is 493 g/mol. The van der Waals surface area contributed by atoms with Gasteiger partial charge >= 0.3 is 5.97 Å². The molecule has 34 heavy (non-hydrogen) atoms. The Hall–Kier alpha value is -3.34. The quantitative estimate of drug-likeness (QED) is 0.517. The summed E-state index contributed by atoms with van der Waals surface area (Å²) in [6.45, 7) is 3.63. The fraction of sp³-hybridized carbons (Fsp3) is 0.409. The van der Waals surface area contributed by atoms with Gasteiger partial charge in [-0.3, -0.25) is 14.3 Å². The summed E-state index contributed by atoms with van der Waals surface area (Å²) in [4.78, 5) is 39.6. The van der Waals surface area contributed by atoms with Gasteiger partial charge in [0.2, 0.25) is 5.95 Å². The molecule has 1 atom stereocenters. The van der Waals surface area contributed by atoms with Gasteiger partial charge in [0.25, 0.3) is 11.5 Å². The van der Waals surface area contributed by atoms with Crippen LogP contribution in [0.25, 0.3) is 10.9 Å². The molecule has 2 N–H and O–H groups in total. The Morgan fingerprint density at radius 1 is 1.24 bits per heavy atom. The van der Waals surface area contributed by atoms with E-state index in [4.69, 9.17) is 11.6 Å². The van der Waals surface area contributed by atoms with Crippen molar-refractivity contribution in [3.63, 3.8) is 0 Å². The summed E-state index contributed by atoms with van der Waals surface area (Å²) in [5.74, 6) is -3.70. The number of piperidine rings is 1. The molecule has 1 fully saturated rings. The van der Waals surface area contributed by atoms with Crippen molar-refractivity contribution < 1.29 is 18.7 Å². The zero-order chi connectivity index (χ0) is 24.8. The third-order valence-corrected chi connectivity index (χ3v) is 6.03. The maximum atomic E-state index is 13.7. The lowest BCUT2D eigenvalue weighted by Crippen LogP contribution is -2.42. The van der Waals surface area contributed by atoms with Crippen LogP contribution in [-0.2, 0) is 7.05 Å². The molecule has 1 aliphatic heterocycles. The maximum Gasteiger partial charge on any atom is 0.356 e. The molecule has 3 aromatic rings. The minimum absolute atomic E-state index is 0.0386. The minimum Gasteiger partial charge on any atom is -0.476 e. The lowest BCUT2D eigenvalue weighted by Gasteiger charge is -2.33. The zero-order valence-corrected chi connectivity index (χ0v) is 19.5. The molecule has 180 valence electrons. The van der Waals surface area contributed by atoms with Crippen molar-refractivity contribution in [2.75, 3.05) is 23.3 Å². The number of rotatable bonds is 5. The van der Waals surface area contributed by atoms with Crippen LogP contribution in [0.4, 0.5) is 20.4 Å². The van der Waals surface area contributed by atoms with Crippen LogP contribution in [0.3, 0.4) is 0 Å². The third kappa shape index (κ3) is 4.52. The van der Waals surface area contributed by atoms with Gasteiger partial charge in [0, 0.05) is 38.7 Å². The highest BCUT2D eigenvalue weighted by atomic mass is 35.5. The van der Waals surface area contributed by atoms with E-state index in [1.54, 1.807) is 31.9 Å². The molecule has 0 aromatic carbocycles. The molecule has 0 unspecified atom stereocenters. The molecular formula is C22H23ClF2N6O3. The number of carbonyl (C=O) groups is 1. The van der Waals surface area contributed by atoms with Crippen molar-refractivity contribution in [2.24, 2.45) is 7.05 Å². The molecule has 3 aromatic heterocycles. The predicted octanol–water partition coefficient (Wildman–Crippen LogP) is 3.79. The number of carboxylic acids is 1. The van der Waals surface area contributed by atoms with Crippen LogP contribution >= 0.6 is 11.6 Å². The first-order chi connectivity index (χ1) is 16.0. The highest BCUT2D eigenvalue weighted by Crippen LogP contribution is 2.31. The number of fused-ring (bicyclic) bond motifs is 1. The van der Waals surface area contributed by atoms with Gasteiger partial charge in [-0.15, -0.1) is 0 Å². The van der Waals surface area contributed by atoms with Gasteiger partial charge in [-0.25, -0.2) is 23.5 Å². The Kier molecular flexibility index (Phi) is 6.15. The zero-order valence-electron chi connectivity index (χ0n) is 18.8. The van der Waals surface area contributed by atoms with Crippen LogP contribution in [0.1, 0.15) is 47.7 Å². The summed E-state index contributed by atoms with van der Waals surface area (Å²) in [6, 6.07) is 4.02. The number of halogens is 3. The Bertz CT molecular complexity index is 1340. The number of pyridine rings is 2. The predicted molar refractivity (Wildman–Crippen MR) is 124 cm³/mol. The van der Waals surface area contributed by atoms with Crippen molar-refractivity contribution in [1.29, 1.82) is 0 Å². The van der Waals surface area contributed by atoms with Crippen LogP contribution < -0.4 is 15.8 Å². The van der Waals surface area contributed by atoms with Crippen LogP contribution in [0.5, 0.6) is 0 Å². The van der Waals surface area contributed by atoms with Gasteiger partial charge in [-0.2, -0.15) is 0 Å². The number of carboxylic acid groups (broad SMARTS) is 1. The first-order valence-corrected chi connectivity index (χ1v) is 11.0. The lowest BCUT2D eigenvalue weighted by molar-refractivity contribution is -0.0223. The smallest absolute Gasteiger partial charge is 0.356 e. The van der Waals surface area contributed by atoms with E-state index < -0.39 is 17.9 Å². The van der Waals surface area contributed by atoms with Crippen molar-refractivity contribution in [3.05, 3.63) is 50.8 Å². The molecule has 0 spiro atoms. The fourth-order valence-corrected chi connectivity index (χ4v) is 4.20. The molecular weight excluding hydrogens is 470 g/mol. The summed E-state index contributed by atoms with van der Waals surface area (Å²) in [5.41, 5.74) is 0.962. The molecule has 4 heterocycles. The largest absolute Gasteiger partial charge is 0.476 e. The summed E-state index contributed by atoms with van der Waals surface area (Å²) in [5, 5.41) is 12.9. The first-order valence-electron chi connectivity index (χ1n) is 10.6. The molecule has 9 nitrogen and oxygen atoms in total. The lowest BCUT2D eigenvalue weighted by atomic mass is 10.1. The van der Waals surface area contributed by atoms with E-state index in [0.717, 1.165) is 0 Å². The normalized spacial score (nSPS) is 16.5. The minimum atomic E-state index is -2.73. The number of nitrogens with one attached hydrogen (secondary N) is 1. The Morgan fingerprint density at radius 2 is 1.91 bits per heavy atom. The van der Waals surface area contributed by atoms with Gasteiger partial charge < -0.3 is 15.3 Å². The second kappa shape index (κ2) is 8.79. The Balaban J connectivity index is 1.79. The molecule has 0 radical (unpaired) electrons. The molecule has 0 amide bonds. The van der Waals surface area contributed by atoms with Crippen LogP contribution in [0.2, 0.25) is 5.15 Å². The van der Waals surface area contributed by atoms with E-state index >= 15 is 0 Å². The molecule has 0 saturated carbocycles. The highest BCUT2D eigenvalue weighted by molar-refractivity contribution is 6.29. The van der Waals surface area contributed by atoms with E-state index in [0.29, 0.717) is 22.3 Å². The van der Waals surface area contributed by atoms with E-state index in [9.17, 15) is 23.5 Å². The standard InChI is InChI=1S/C22H23ClF2N6O3/c1-11-10-13-17(29-21(30(3)19(13)32)31-8-6-22(24,25)7-9-31)16(26-11)12(2)27-14-4-5-15(23)28-18(14)20(33)34/h4-5,10,12,27H,6-9H2,1-3H3,(H,33,34)/t12-/m1/s1. The second-order valence-corrected chi connectivity index (χ2v) is 8.75. The number of hydrogen-bond acceptors (Lipinski definition) is 7. The van der Waals surface area contributed by atoms with E-state index in [-0.39, 0.29) is 54.0 Å². The monoisotopic (exact) mass is 492 g/mol. The van der Waals surface area contributed by atoms with Gasteiger partial charge in [-0.1, -0.05) is 11.6 Å². The summed E-state index contributed by atoms with van der Waals surface area (Å²) in [6.07, 6.45) is -0.640. The molecule has 4 rings (SSSR count). The maximum absolute atomic E-state index is 13.7. The summed E-state index contributed by atoms with van der Waals surface area (Å²) < 4.78 is 28.7. The van der Waals surface area contributed by atoms with Crippen molar-refractivity contribution >= 4 is 40.1 Å². The number of alkyl halides is 2. The van der Waals surface area contributed by atoms with E-state index in [1.807, 2.05) is 0 Å². The van der Waals surface area contributed by atoms with E-state index in [1.165, 1.54) is 16.7 Å². The average Bonchev–Trinajstić information content (AvgIpc) is 2.77. The first kappa shape index (κ1) is 23.8. The molecule has 1 saturated heterocycles. The van der Waals surface area contributed by atoms with Gasteiger partial charge in [0.1, 0.15) is 10.7 Å². The number of aromatic carboxylic acids is 1. The highest BCUT2D eigenvalue weighted by Gasteiger charge is 2.35. The topological polar surface area (TPSA) is 113 Å². The number of anilines is 2. The molecule has 1 aliphatic rings. The molecule has 0 aliphatic carbocycles. The molecule has 0 bridgehead atoms.